The van der Waals surface area contributed by atoms with Crippen LogP contribution in [0.25, 0.3) is 0 Å². The van der Waals surface area contributed by atoms with Crippen molar-refractivity contribution in [2.45, 2.75) is 9.79 Å². The van der Waals surface area contributed by atoms with Crippen LogP contribution >= 0.6 is 0 Å². The van der Waals surface area contributed by atoms with Crippen molar-refractivity contribution in [1.29, 1.82) is 0 Å². The van der Waals surface area contributed by atoms with E-state index in [-0.39, 0.29) is 0 Å². The summed E-state index contributed by atoms with van der Waals surface area (Å²) in [5.74, 6) is 0. The van der Waals surface area contributed by atoms with Gasteiger partial charge in [-0.3, -0.25) is 0 Å². The smallest absolute Gasteiger partial charge is 0.224 e. The maximum atomic E-state index is 11.6. The molecule has 21 heavy (non-hydrogen) atoms. The molecule has 0 N–H and O–H groups in total. The Balaban J connectivity index is 2.35. The van der Waals surface area contributed by atoms with Gasteiger partial charge in [0.1, 0.15) is 0 Å². The van der Waals surface area contributed by atoms with Gasteiger partial charge in [-0.15, -0.1) is 0 Å². The average molecular weight is 437 g/mol. The first kappa shape index (κ1) is 16.4. The summed E-state index contributed by atoms with van der Waals surface area (Å²) in [4.78, 5) is 0.581. The topological polar surface area (TPSA) is 68.3 Å². The van der Waals surface area contributed by atoms with Crippen LogP contribution in [0.5, 0.6) is 0 Å². The molecule has 0 bridgehead atoms. The normalized spacial score (nSPS) is 12.3. The second kappa shape index (κ2) is 6.05. The van der Waals surface area contributed by atoms with E-state index in [1.165, 1.54) is 12.5 Å². The number of sulfone groups is 2. The molecule has 2 aromatic rings. The highest BCUT2D eigenvalue weighted by molar-refractivity contribution is 7.91. The van der Waals surface area contributed by atoms with Gasteiger partial charge in [0.2, 0.25) is 0 Å². The minimum atomic E-state index is -3.23. The Morgan fingerprint density at radius 1 is 0.714 bits per heavy atom. The Morgan fingerprint density at radius 2 is 1.10 bits per heavy atom. The van der Waals surface area contributed by atoms with Crippen LogP contribution in [0.1, 0.15) is 0 Å². The molecule has 2 aromatic carbocycles. The molecule has 4 nitrogen and oxygen atoms in total. The van der Waals surface area contributed by atoms with Gasteiger partial charge in [-0.25, -0.2) is 16.8 Å². The van der Waals surface area contributed by atoms with Crippen LogP contribution in [0.15, 0.2) is 58.3 Å². The molecule has 2 rings (SSSR count). The van der Waals surface area contributed by atoms with E-state index in [1.807, 2.05) is 12.1 Å². The lowest BCUT2D eigenvalue weighted by Crippen LogP contribution is -3.61. The van der Waals surface area contributed by atoms with E-state index in [4.69, 9.17) is 0 Å². The summed E-state index contributed by atoms with van der Waals surface area (Å²) < 4.78 is 48.1. The summed E-state index contributed by atoms with van der Waals surface area (Å²) in [6.07, 6.45) is 2.35. The molecule has 7 heteroatoms. The van der Waals surface area contributed by atoms with Crippen molar-refractivity contribution in [3.8, 4) is 0 Å². The molecule has 0 aromatic heterocycles. The fourth-order valence-corrected chi connectivity index (χ4v) is 5.87. The van der Waals surface area contributed by atoms with Gasteiger partial charge in [-0.2, -0.15) is 0 Å². The van der Waals surface area contributed by atoms with Crippen LogP contribution < -0.4 is 21.2 Å². The first-order chi connectivity index (χ1) is 9.66. The molecule has 0 spiro atoms. The quantitative estimate of drug-likeness (QED) is 0.554. The van der Waals surface area contributed by atoms with Gasteiger partial charge in [-0.05, 0) is 24.3 Å². The van der Waals surface area contributed by atoms with Crippen molar-refractivity contribution in [1.82, 2.24) is 0 Å². The van der Waals surface area contributed by atoms with Gasteiger partial charge in [0, 0.05) is 24.6 Å². The van der Waals surface area contributed by atoms with E-state index < -0.39 is 40.9 Å². The molecule has 0 aliphatic heterocycles. The van der Waals surface area contributed by atoms with E-state index in [9.17, 15) is 16.8 Å². The highest BCUT2D eigenvalue weighted by atomic mass is 127. The predicted molar refractivity (Wildman–Crippen MR) is 76.5 cm³/mol. The van der Waals surface area contributed by atoms with Gasteiger partial charge in [-0.1, -0.05) is 12.1 Å². The monoisotopic (exact) mass is 437 g/mol. The molecule has 0 saturated carbocycles. The van der Waals surface area contributed by atoms with Gasteiger partial charge in [0.05, 0.1) is 9.79 Å². The number of hydrogen-bond donors (Lipinski definition) is 0. The minimum absolute atomic E-state index is 0.291. The lowest BCUT2D eigenvalue weighted by molar-refractivity contribution is -0.597. The van der Waals surface area contributed by atoms with Crippen molar-refractivity contribution in [2.24, 2.45) is 0 Å². The highest BCUT2D eigenvalue weighted by Gasteiger charge is 2.20. The van der Waals surface area contributed by atoms with Crippen LogP contribution in [-0.4, -0.2) is 29.3 Å². The molecule has 0 aliphatic carbocycles. The SMILES string of the molecule is CS(=O)(=O)c1cccc([I+]c2cccc(S(C)(=O)=O)c2)c1. The number of hydrogen-bond acceptors (Lipinski definition) is 4. The van der Waals surface area contributed by atoms with Gasteiger partial charge >= 0.3 is 21.2 Å². The zero-order valence-corrected chi connectivity index (χ0v) is 15.2. The van der Waals surface area contributed by atoms with Crippen LogP contribution in [-0.2, 0) is 19.7 Å². The molecular formula is C14H14IO4S2+. The lowest BCUT2D eigenvalue weighted by atomic mass is 10.4. The molecule has 112 valence electrons. The van der Waals surface area contributed by atoms with E-state index in [0.29, 0.717) is 9.79 Å². The number of rotatable bonds is 4. The maximum absolute atomic E-state index is 11.6. The third kappa shape index (κ3) is 4.52. The fourth-order valence-electron chi connectivity index (χ4n) is 1.64. The molecule has 0 unspecified atom stereocenters. The molecule has 0 amide bonds. The lowest BCUT2D eigenvalue weighted by Gasteiger charge is -1.97. The summed E-state index contributed by atoms with van der Waals surface area (Å²) in [6.45, 7) is 0. The van der Waals surface area contributed by atoms with Crippen molar-refractivity contribution in [2.75, 3.05) is 12.5 Å². The number of benzene rings is 2. The first-order valence-corrected chi connectivity index (χ1v) is 11.9. The zero-order chi connectivity index (χ0) is 15.7. The standard InChI is InChI=1S/C14H14IO4S2/c1-20(16,17)13-7-3-5-11(9-13)15-12-6-4-8-14(10-12)21(2,18)19/h3-10H,1-2H3/q+1. The summed E-state index contributed by atoms with van der Waals surface area (Å²) in [7, 11) is -6.45. The van der Waals surface area contributed by atoms with E-state index in [2.05, 4.69) is 0 Å². The van der Waals surface area contributed by atoms with Crippen LogP contribution in [0.4, 0.5) is 0 Å². The van der Waals surface area contributed by atoms with E-state index in [0.717, 1.165) is 7.14 Å². The van der Waals surface area contributed by atoms with Gasteiger partial charge < -0.3 is 0 Å². The predicted octanol–water partition coefficient (Wildman–Crippen LogP) is -1.38. The van der Waals surface area contributed by atoms with Crippen molar-refractivity contribution in [3.63, 3.8) is 0 Å². The van der Waals surface area contributed by atoms with Gasteiger partial charge in [0.25, 0.3) is 0 Å². The maximum Gasteiger partial charge on any atom is 0.357 e. The van der Waals surface area contributed by atoms with Crippen LogP contribution in [0.3, 0.4) is 0 Å². The fraction of sp³-hybridized carbons (Fsp3) is 0.143. The zero-order valence-electron chi connectivity index (χ0n) is 11.4. The Bertz CT molecular complexity index is 798. The highest BCUT2D eigenvalue weighted by Crippen LogP contribution is 2.07. The van der Waals surface area contributed by atoms with E-state index >= 15 is 0 Å². The van der Waals surface area contributed by atoms with Crippen molar-refractivity contribution >= 4 is 19.7 Å². The van der Waals surface area contributed by atoms with Crippen molar-refractivity contribution in [3.05, 3.63) is 55.7 Å². The van der Waals surface area contributed by atoms with Crippen molar-refractivity contribution < 1.29 is 38.0 Å². The molecule has 0 aliphatic rings. The summed E-state index contributed by atoms with van der Waals surface area (Å²) in [5.41, 5.74) is 0. The first-order valence-electron chi connectivity index (χ1n) is 5.91. The van der Waals surface area contributed by atoms with E-state index in [1.54, 1.807) is 36.4 Å². The molecule has 0 heterocycles. The molecule has 0 radical (unpaired) electrons. The Morgan fingerprint density at radius 3 is 1.43 bits per heavy atom. The van der Waals surface area contributed by atoms with Crippen LogP contribution in [0, 0.1) is 7.14 Å². The second-order valence-electron chi connectivity index (χ2n) is 4.55. The average Bonchev–Trinajstić information content (AvgIpc) is 2.37. The van der Waals surface area contributed by atoms with Gasteiger partial charge in [0.15, 0.2) is 26.8 Å². The molecule has 0 fully saturated rings. The van der Waals surface area contributed by atoms with Crippen LogP contribution in [0.2, 0.25) is 0 Å². The second-order valence-corrected chi connectivity index (χ2v) is 11.6. The Labute approximate surface area is 135 Å². The third-order valence-corrected chi connectivity index (χ3v) is 7.47. The molecule has 0 saturated heterocycles. The summed E-state index contributed by atoms with van der Waals surface area (Å²) in [6, 6.07) is 13.6. The summed E-state index contributed by atoms with van der Waals surface area (Å²) >= 11 is -0.630. The Hall–Kier alpha value is -0.930. The summed E-state index contributed by atoms with van der Waals surface area (Å²) in [5, 5.41) is 0. The Kier molecular flexibility index (Phi) is 4.74. The molecular weight excluding hydrogens is 423 g/mol. The minimum Gasteiger partial charge on any atom is -0.224 e. The molecule has 0 atom stereocenters. The largest absolute Gasteiger partial charge is 0.357 e. The number of halogens is 1. The third-order valence-electron chi connectivity index (χ3n) is 2.67.